The molecule has 0 bridgehead atoms. The number of hydrogen-bond donors (Lipinski definition) is 1. The fourth-order valence-corrected chi connectivity index (χ4v) is 2.71. The fourth-order valence-electron chi connectivity index (χ4n) is 2.71. The lowest BCUT2D eigenvalue weighted by molar-refractivity contribution is 0.102. The van der Waals surface area contributed by atoms with Gasteiger partial charge in [0.25, 0.3) is 5.91 Å². The van der Waals surface area contributed by atoms with Crippen LogP contribution in [0.2, 0.25) is 0 Å². The van der Waals surface area contributed by atoms with Gasteiger partial charge in [0.15, 0.2) is 5.82 Å². The highest BCUT2D eigenvalue weighted by molar-refractivity contribution is 6.04. The molecule has 1 N–H and O–H groups in total. The van der Waals surface area contributed by atoms with Crippen molar-refractivity contribution in [3.8, 4) is 23.2 Å². The maximum atomic E-state index is 12.4. The van der Waals surface area contributed by atoms with Crippen molar-refractivity contribution >= 4 is 11.6 Å². The molecule has 4 rings (SSSR count). The molecule has 8 nitrogen and oxygen atoms in total. The van der Waals surface area contributed by atoms with Crippen molar-refractivity contribution in [3.05, 3.63) is 84.9 Å². The Balaban J connectivity index is 1.39. The van der Waals surface area contributed by atoms with Crippen LogP contribution in [0.15, 0.2) is 79.4 Å². The standard InChI is InChI=1S/C22H19N5O3/c1-2-29-18-8-4-16(5-9-18)22(28)26-17-6-10-19(11-7-17)30-21-14-20(23-15-24-21)27-13-3-12-25-27/h3-15H,2H2,1H3,(H,26,28). The minimum absolute atomic E-state index is 0.202. The van der Waals surface area contributed by atoms with E-state index in [0.717, 1.165) is 5.75 Å². The quantitative estimate of drug-likeness (QED) is 0.501. The molecule has 0 saturated carbocycles. The van der Waals surface area contributed by atoms with Gasteiger partial charge in [-0.1, -0.05) is 0 Å². The van der Waals surface area contributed by atoms with Gasteiger partial charge in [0, 0.05) is 29.7 Å². The lowest BCUT2D eigenvalue weighted by Gasteiger charge is -2.09. The monoisotopic (exact) mass is 401 g/mol. The number of nitrogens with one attached hydrogen (secondary N) is 1. The number of benzene rings is 2. The van der Waals surface area contributed by atoms with Gasteiger partial charge in [-0.3, -0.25) is 4.79 Å². The number of anilines is 1. The Hall–Kier alpha value is -4.20. The number of amides is 1. The maximum Gasteiger partial charge on any atom is 0.255 e. The zero-order valence-electron chi connectivity index (χ0n) is 16.2. The Morgan fingerprint density at radius 3 is 2.50 bits per heavy atom. The van der Waals surface area contributed by atoms with E-state index >= 15 is 0 Å². The second-order valence-electron chi connectivity index (χ2n) is 6.20. The molecule has 150 valence electrons. The molecule has 0 spiro atoms. The average Bonchev–Trinajstić information content (AvgIpc) is 3.31. The Bertz CT molecular complexity index is 1110. The van der Waals surface area contributed by atoms with Gasteiger partial charge in [-0.15, -0.1) is 0 Å². The molecule has 0 aliphatic heterocycles. The Kier molecular flexibility index (Phi) is 5.66. The van der Waals surface area contributed by atoms with Gasteiger partial charge in [0.05, 0.1) is 6.61 Å². The average molecular weight is 401 g/mol. The summed E-state index contributed by atoms with van der Waals surface area (Å²) in [6.45, 7) is 2.50. The second-order valence-corrected chi connectivity index (χ2v) is 6.20. The van der Waals surface area contributed by atoms with Gasteiger partial charge >= 0.3 is 0 Å². The summed E-state index contributed by atoms with van der Waals surface area (Å²) in [5.41, 5.74) is 1.20. The molecule has 8 heteroatoms. The molecule has 0 aliphatic rings. The van der Waals surface area contributed by atoms with Crippen LogP contribution in [0.4, 0.5) is 5.69 Å². The molecule has 0 fully saturated rings. The summed E-state index contributed by atoms with van der Waals surface area (Å²) in [4.78, 5) is 20.7. The lowest BCUT2D eigenvalue weighted by atomic mass is 10.2. The molecule has 0 saturated heterocycles. The number of carbonyl (C=O) groups is 1. The van der Waals surface area contributed by atoms with Crippen LogP contribution in [-0.2, 0) is 0 Å². The topological polar surface area (TPSA) is 91.2 Å². The third-order valence-corrected chi connectivity index (χ3v) is 4.13. The van der Waals surface area contributed by atoms with Crippen molar-refractivity contribution < 1.29 is 14.3 Å². The smallest absolute Gasteiger partial charge is 0.255 e. The number of nitrogens with zero attached hydrogens (tertiary/aromatic N) is 4. The Morgan fingerprint density at radius 2 is 1.80 bits per heavy atom. The van der Waals surface area contributed by atoms with E-state index in [4.69, 9.17) is 9.47 Å². The molecular weight excluding hydrogens is 382 g/mol. The van der Waals surface area contributed by atoms with Crippen LogP contribution in [-0.4, -0.2) is 32.3 Å². The van der Waals surface area contributed by atoms with Gasteiger partial charge in [0.2, 0.25) is 5.88 Å². The van der Waals surface area contributed by atoms with Crippen LogP contribution in [0.1, 0.15) is 17.3 Å². The van der Waals surface area contributed by atoms with Crippen molar-refractivity contribution in [2.24, 2.45) is 0 Å². The predicted octanol–water partition coefficient (Wildman–Crippen LogP) is 4.11. The number of ether oxygens (including phenoxy) is 2. The summed E-state index contributed by atoms with van der Waals surface area (Å²) in [6.07, 6.45) is 4.87. The minimum Gasteiger partial charge on any atom is -0.494 e. The third-order valence-electron chi connectivity index (χ3n) is 4.13. The molecule has 2 aromatic heterocycles. The summed E-state index contributed by atoms with van der Waals surface area (Å²) in [5.74, 6) is 2.10. The normalized spacial score (nSPS) is 10.4. The SMILES string of the molecule is CCOc1ccc(C(=O)Nc2ccc(Oc3cc(-n4cccn4)ncn3)cc2)cc1. The van der Waals surface area contributed by atoms with Gasteiger partial charge in [-0.2, -0.15) is 5.10 Å². The third kappa shape index (κ3) is 4.61. The zero-order chi connectivity index (χ0) is 20.8. The Morgan fingerprint density at radius 1 is 1.03 bits per heavy atom. The van der Waals surface area contributed by atoms with E-state index in [1.165, 1.54) is 6.33 Å². The minimum atomic E-state index is -0.202. The van der Waals surface area contributed by atoms with E-state index in [0.29, 0.717) is 35.3 Å². The Labute approximate surface area is 173 Å². The molecule has 0 aliphatic carbocycles. The molecule has 30 heavy (non-hydrogen) atoms. The molecule has 2 heterocycles. The van der Waals surface area contributed by atoms with Crippen molar-refractivity contribution in [1.82, 2.24) is 19.7 Å². The van der Waals surface area contributed by atoms with Crippen molar-refractivity contribution in [2.45, 2.75) is 6.92 Å². The van der Waals surface area contributed by atoms with Gasteiger partial charge in [-0.25, -0.2) is 14.6 Å². The molecule has 0 radical (unpaired) electrons. The summed E-state index contributed by atoms with van der Waals surface area (Å²) in [7, 11) is 0. The van der Waals surface area contributed by atoms with Crippen LogP contribution >= 0.6 is 0 Å². The first-order valence-corrected chi connectivity index (χ1v) is 9.35. The fraction of sp³-hybridized carbons (Fsp3) is 0.0909. The van der Waals surface area contributed by atoms with Crippen LogP contribution in [0.25, 0.3) is 5.82 Å². The summed E-state index contributed by atoms with van der Waals surface area (Å²) in [6, 6.07) is 17.5. The van der Waals surface area contributed by atoms with Gasteiger partial charge in [0.1, 0.15) is 17.8 Å². The number of carbonyl (C=O) groups excluding carboxylic acids is 1. The van der Waals surface area contributed by atoms with E-state index in [1.54, 1.807) is 71.7 Å². The first-order chi connectivity index (χ1) is 14.7. The molecule has 0 atom stereocenters. The van der Waals surface area contributed by atoms with E-state index in [9.17, 15) is 4.79 Å². The maximum absolute atomic E-state index is 12.4. The van der Waals surface area contributed by atoms with E-state index in [2.05, 4.69) is 20.4 Å². The van der Waals surface area contributed by atoms with Crippen molar-refractivity contribution in [1.29, 1.82) is 0 Å². The molecule has 0 unspecified atom stereocenters. The highest BCUT2D eigenvalue weighted by atomic mass is 16.5. The molecule has 1 amide bonds. The predicted molar refractivity (Wildman–Crippen MR) is 111 cm³/mol. The van der Waals surface area contributed by atoms with Crippen molar-refractivity contribution in [3.63, 3.8) is 0 Å². The van der Waals surface area contributed by atoms with E-state index < -0.39 is 0 Å². The van der Waals surface area contributed by atoms with Gasteiger partial charge in [-0.05, 0) is 61.5 Å². The number of rotatable bonds is 7. The van der Waals surface area contributed by atoms with Crippen LogP contribution < -0.4 is 14.8 Å². The largest absolute Gasteiger partial charge is 0.494 e. The van der Waals surface area contributed by atoms with E-state index in [1.807, 2.05) is 13.0 Å². The summed E-state index contributed by atoms with van der Waals surface area (Å²) >= 11 is 0. The van der Waals surface area contributed by atoms with E-state index in [-0.39, 0.29) is 5.91 Å². The second kappa shape index (κ2) is 8.87. The molecule has 2 aromatic carbocycles. The highest BCUT2D eigenvalue weighted by Gasteiger charge is 2.08. The molecular formula is C22H19N5O3. The first-order valence-electron chi connectivity index (χ1n) is 9.35. The number of aromatic nitrogens is 4. The molecule has 4 aromatic rings. The summed E-state index contributed by atoms with van der Waals surface area (Å²) < 4.78 is 12.8. The zero-order valence-corrected chi connectivity index (χ0v) is 16.2. The summed E-state index contributed by atoms with van der Waals surface area (Å²) in [5, 5.41) is 6.99. The van der Waals surface area contributed by atoms with Crippen LogP contribution in [0.3, 0.4) is 0 Å². The van der Waals surface area contributed by atoms with Crippen LogP contribution in [0, 0.1) is 0 Å². The number of hydrogen-bond acceptors (Lipinski definition) is 6. The lowest BCUT2D eigenvalue weighted by Crippen LogP contribution is -2.11. The van der Waals surface area contributed by atoms with Crippen molar-refractivity contribution in [2.75, 3.05) is 11.9 Å². The first kappa shape index (κ1) is 19.1. The van der Waals surface area contributed by atoms with Crippen LogP contribution in [0.5, 0.6) is 17.4 Å². The highest BCUT2D eigenvalue weighted by Crippen LogP contribution is 2.23. The van der Waals surface area contributed by atoms with Gasteiger partial charge < -0.3 is 14.8 Å².